The van der Waals surface area contributed by atoms with E-state index >= 15 is 0 Å². The van der Waals surface area contributed by atoms with Gasteiger partial charge in [-0.15, -0.1) is 0 Å². The predicted molar refractivity (Wildman–Crippen MR) is 83.4 cm³/mol. The largest absolute Gasteiger partial charge is 0.478 e. The molecule has 22 heavy (non-hydrogen) atoms. The number of aromatic nitrogens is 1. The molecule has 2 bridgehead atoms. The number of nitrogens with zero attached hydrogens (tertiary/aromatic N) is 2. The third-order valence-electron chi connectivity index (χ3n) is 4.74. The van der Waals surface area contributed by atoms with Crippen LogP contribution in [0.15, 0.2) is 30.5 Å². The van der Waals surface area contributed by atoms with E-state index in [2.05, 4.69) is 16.0 Å². The third kappa shape index (κ3) is 2.13. The van der Waals surface area contributed by atoms with Crippen molar-refractivity contribution >= 4 is 22.6 Å². The SMILES string of the molecule is O=C(O)c1ccnc2ccc(N3C4CCCC3COC4)cc12. The monoisotopic (exact) mass is 298 g/mol. The van der Waals surface area contributed by atoms with Gasteiger partial charge in [0.05, 0.1) is 36.4 Å². The zero-order valence-electron chi connectivity index (χ0n) is 12.2. The molecule has 0 aliphatic carbocycles. The van der Waals surface area contributed by atoms with Crippen LogP contribution >= 0.6 is 0 Å². The second kappa shape index (κ2) is 5.25. The Morgan fingerprint density at radius 2 is 2.00 bits per heavy atom. The second-order valence-corrected chi connectivity index (χ2v) is 6.05. The predicted octanol–water partition coefficient (Wildman–Crippen LogP) is 2.69. The van der Waals surface area contributed by atoms with Gasteiger partial charge in [-0.3, -0.25) is 4.98 Å². The minimum atomic E-state index is -0.910. The van der Waals surface area contributed by atoms with Crippen molar-refractivity contribution in [1.29, 1.82) is 0 Å². The van der Waals surface area contributed by atoms with Crippen LogP contribution in [0.2, 0.25) is 0 Å². The van der Waals surface area contributed by atoms with E-state index in [-0.39, 0.29) is 0 Å². The molecule has 3 heterocycles. The minimum absolute atomic E-state index is 0.310. The number of hydrogen-bond acceptors (Lipinski definition) is 4. The molecule has 2 saturated heterocycles. The highest BCUT2D eigenvalue weighted by Gasteiger charge is 2.34. The van der Waals surface area contributed by atoms with E-state index in [4.69, 9.17) is 4.74 Å². The summed E-state index contributed by atoms with van der Waals surface area (Å²) >= 11 is 0. The van der Waals surface area contributed by atoms with Crippen molar-refractivity contribution in [3.05, 3.63) is 36.0 Å². The first-order valence-electron chi connectivity index (χ1n) is 7.72. The van der Waals surface area contributed by atoms with E-state index < -0.39 is 5.97 Å². The summed E-state index contributed by atoms with van der Waals surface area (Å²) in [5, 5.41) is 10.1. The molecule has 0 radical (unpaired) electrons. The van der Waals surface area contributed by atoms with Crippen LogP contribution in [0.3, 0.4) is 0 Å². The lowest BCUT2D eigenvalue weighted by molar-refractivity contribution is 0.0463. The van der Waals surface area contributed by atoms with Crippen molar-refractivity contribution < 1.29 is 14.6 Å². The van der Waals surface area contributed by atoms with Crippen molar-refractivity contribution in [3.8, 4) is 0 Å². The zero-order chi connectivity index (χ0) is 15.1. The molecule has 1 N–H and O–H groups in total. The maximum Gasteiger partial charge on any atom is 0.336 e. The molecular weight excluding hydrogens is 280 g/mol. The van der Waals surface area contributed by atoms with Crippen LogP contribution in [0.5, 0.6) is 0 Å². The lowest BCUT2D eigenvalue weighted by Gasteiger charge is -2.47. The Balaban J connectivity index is 1.82. The maximum absolute atomic E-state index is 11.4. The molecule has 0 saturated carbocycles. The summed E-state index contributed by atoms with van der Waals surface area (Å²) in [5.41, 5.74) is 2.12. The van der Waals surface area contributed by atoms with Gasteiger partial charge >= 0.3 is 5.97 Å². The number of anilines is 1. The normalized spacial score (nSPS) is 24.5. The van der Waals surface area contributed by atoms with Crippen LogP contribution in [-0.2, 0) is 4.74 Å². The van der Waals surface area contributed by atoms with Crippen LogP contribution in [0.1, 0.15) is 29.6 Å². The molecule has 2 aromatic rings. The molecule has 2 aliphatic heterocycles. The number of carboxylic acid groups (broad SMARTS) is 1. The van der Waals surface area contributed by atoms with Crippen molar-refractivity contribution in [3.63, 3.8) is 0 Å². The Kier molecular flexibility index (Phi) is 3.22. The first-order valence-corrected chi connectivity index (χ1v) is 7.72. The fraction of sp³-hybridized carbons (Fsp3) is 0.412. The number of rotatable bonds is 2. The lowest BCUT2D eigenvalue weighted by Crippen LogP contribution is -2.55. The number of carboxylic acids is 1. The summed E-state index contributed by atoms with van der Waals surface area (Å²) in [4.78, 5) is 18.1. The lowest BCUT2D eigenvalue weighted by atomic mass is 9.93. The number of hydrogen-bond donors (Lipinski definition) is 1. The number of ether oxygens (including phenoxy) is 1. The van der Waals surface area contributed by atoms with E-state index in [0.717, 1.165) is 37.3 Å². The Morgan fingerprint density at radius 3 is 2.73 bits per heavy atom. The molecule has 1 aromatic carbocycles. The van der Waals surface area contributed by atoms with E-state index in [1.54, 1.807) is 12.3 Å². The Bertz CT molecular complexity index is 709. The number of benzene rings is 1. The number of aromatic carboxylic acids is 1. The maximum atomic E-state index is 11.4. The number of fused-ring (bicyclic) bond motifs is 3. The van der Waals surface area contributed by atoms with Crippen LogP contribution < -0.4 is 4.90 Å². The van der Waals surface area contributed by atoms with Gasteiger partial charge in [0.1, 0.15) is 0 Å². The van der Waals surface area contributed by atoms with Gasteiger partial charge in [0.2, 0.25) is 0 Å². The highest BCUT2D eigenvalue weighted by molar-refractivity contribution is 6.03. The average molecular weight is 298 g/mol. The molecule has 2 unspecified atom stereocenters. The van der Waals surface area contributed by atoms with Crippen LogP contribution in [0.4, 0.5) is 5.69 Å². The Labute approximate surface area is 128 Å². The molecule has 2 aliphatic rings. The fourth-order valence-corrected chi connectivity index (χ4v) is 3.74. The van der Waals surface area contributed by atoms with Crippen molar-refractivity contribution in [2.24, 2.45) is 0 Å². The van der Waals surface area contributed by atoms with Gasteiger partial charge in [-0.2, -0.15) is 0 Å². The second-order valence-electron chi connectivity index (χ2n) is 6.05. The summed E-state index contributed by atoms with van der Waals surface area (Å²) in [7, 11) is 0. The summed E-state index contributed by atoms with van der Waals surface area (Å²) in [5.74, 6) is -0.910. The average Bonchev–Trinajstić information content (AvgIpc) is 2.53. The molecule has 114 valence electrons. The third-order valence-corrected chi connectivity index (χ3v) is 4.74. The van der Waals surface area contributed by atoms with Crippen LogP contribution in [-0.4, -0.2) is 41.4 Å². The van der Waals surface area contributed by atoms with Gasteiger partial charge in [-0.1, -0.05) is 0 Å². The molecule has 0 spiro atoms. The number of carbonyl (C=O) groups is 1. The Hall–Kier alpha value is -2.14. The molecular formula is C17H18N2O3. The summed E-state index contributed by atoms with van der Waals surface area (Å²) in [6.07, 6.45) is 5.06. The van der Waals surface area contributed by atoms with Gasteiger partial charge < -0.3 is 14.7 Å². The van der Waals surface area contributed by atoms with Crippen LogP contribution in [0.25, 0.3) is 10.9 Å². The van der Waals surface area contributed by atoms with Crippen molar-refractivity contribution in [1.82, 2.24) is 4.98 Å². The van der Waals surface area contributed by atoms with Crippen molar-refractivity contribution in [2.45, 2.75) is 31.3 Å². The standard InChI is InChI=1S/C17H18N2O3/c20-17(21)14-6-7-18-16-5-4-11(8-15(14)16)19-12-2-1-3-13(19)10-22-9-12/h4-8,12-13H,1-3,9-10H2,(H,20,21). The number of piperidine rings is 1. The van der Waals surface area contributed by atoms with Gasteiger partial charge in [-0.05, 0) is 43.5 Å². The molecule has 1 aromatic heterocycles. The smallest absolute Gasteiger partial charge is 0.336 e. The molecule has 2 atom stereocenters. The molecule has 5 nitrogen and oxygen atoms in total. The first kappa shape index (κ1) is 13.5. The van der Waals surface area contributed by atoms with Gasteiger partial charge in [0.15, 0.2) is 0 Å². The van der Waals surface area contributed by atoms with E-state index in [0.29, 0.717) is 23.0 Å². The minimum Gasteiger partial charge on any atom is -0.478 e. The molecule has 0 amide bonds. The van der Waals surface area contributed by atoms with E-state index in [9.17, 15) is 9.90 Å². The van der Waals surface area contributed by atoms with Gasteiger partial charge in [0, 0.05) is 17.3 Å². The fourth-order valence-electron chi connectivity index (χ4n) is 3.74. The Morgan fingerprint density at radius 1 is 1.23 bits per heavy atom. The first-order chi connectivity index (χ1) is 10.7. The number of pyridine rings is 1. The van der Waals surface area contributed by atoms with Crippen molar-refractivity contribution in [2.75, 3.05) is 18.1 Å². The highest BCUT2D eigenvalue weighted by atomic mass is 16.5. The van der Waals surface area contributed by atoms with Gasteiger partial charge in [0.25, 0.3) is 0 Å². The van der Waals surface area contributed by atoms with Gasteiger partial charge in [-0.25, -0.2) is 4.79 Å². The summed E-state index contributed by atoms with van der Waals surface area (Å²) < 4.78 is 5.69. The topological polar surface area (TPSA) is 62.7 Å². The molecule has 5 heteroatoms. The summed E-state index contributed by atoms with van der Waals surface area (Å²) in [6, 6.07) is 8.31. The van der Waals surface area contributed by atoms with Crippen LogP contribution in [0, 0.1) is 0 Å². The quantitative estimate of drug-likeness (QED) is 0.923. The molecule has 2 fully saturated rings. The summed E-state index contributed by atoms with van der Waals surface area (Å²) in [6.45, 7) is 1.51. The van der Waals surface area contributed by atoms with E-state index in [1.807, 2.05) is 12.1 Å². The molecule has 4 rings (SSSR count). The zero-order valence-corrected chi connectivity index (χ0v) is 12.2. The number of morpholine rings is 1. The van der Waals surface area contributed by atoms with E-state index in [1.165, 1.54) is 6.42 Å². The highest BCUT2D eigenvalue weighted by Crippen LogP contribution is 2.34.